The van der Waals surface area contributed by atoms with Crippen LogP contribution in [-0.2, 0) is 65.4 Å². The summed E-state index contributed by atoms with van der Waals surface area (Å²) in [7, 11) is -9.91. The Bertz CT molecular complexity index is 1820. The molecule has 0 aromatic carbocycles. The summed E-state index contributed by atoms with van der Waals surface area (Å²) in [4.78, 5) is 72.6. The Kier molecular flexibility index (Phi) is 61.3. The van der Waals surface area contributed by atoms with Crippen LogP contribution in [0, 0.1) is 23.7 Å². The zero-order valence-electron chi connectivity index (χ0n) is 60.2. The summed E-state index contributed by atoms with van der Waals surface area (Å²) in [5.41, 5.74) is 0. The lowest BCUT2D eigenvalue weighted by Crippen LogP contribution is -2.30. The monoisotopic (exact) mass is 1350 g/mol. The molecule has 0 aliphatic heterocycles. The molecule has 0 bridgehead atoms. The van der Waals surface area contributed by atoms with Gasteiger partial charge in [0.1, 0.15) is 19.3 Å². The molecule has 0 aromatic rings. The number of hydrogen-bond acceptors (Lipinski definition) is 15. The second-order valence-electron chi connectivity index (χ2n) is 28.0. The van der Waals surface area contributed by atoms with Gasteiger partial charge in [-0.05, 0) is 49.4 Å². The predicted octanol–water partition coefficient (Wildman–Crippen LogP) is 20.9. The van der Waals surface area contributed by atoms with Crippen molar-refractivity contribution in [2.45, 2.75) is 382 Å². The number of carbonyl (C=O) groups excluding carboxylic acids is 4. The van der Waals surface area contributed by atoms with Crippen molar-refractivity contribution in [2.75, 3.05) is 39.6 Å². The van der Waals surface area contributed by atoms with Crippen LogP contribution in [0.2, 0.25) is 0 Å². The van der Waals surface area contributed by atoms with Gasteiger partial charge >= 0.3 is 39.5 Å². The van der Waals surface area contributed by atoms with Crippen LogP contribution in [0.25, 0.3) is 0 Å². The van der Waals surface area contributed by atoms with E-state index in [1.54, 1.807) is 0 Å². The van der Waals surface area contributed by atoms with Crippen molar-refractivity contribution >= 4 is 39.5 Å². The highest BCUT2D eigenvalue weighted by Crippen LogP contribution is 2.45. The molecular formula is C73H142O17P2. The molecule has 0 aromatic heterocycles. The highest BCUT2D eigenvalue weighted by molar-refractivity contribution is 7.47. The molecule has 3 unspecified atom stereocenters. The molecule has 0 aliphatic rings. The molecule has 0 heterocycles. The van der Waals surface area contributed by atoms with Crippen molar-refractivity contribution in [2.24, 2.45) is 23.7 Å². The van der Waals surface area contributed by atoms with Gasteiger partial charge in [-0.1, -0.05) is 312 Å². The standard InChI is InChI=1S/C73H142O17P2/c1-9-66(8)52-44-36-30-32-38-46-54-71(76)84-60-69(90-72(77)55-47-39-27-23-19-15-13-11-10-12-14-17-21-25-33-41-49-63(2)3)62-88-92(81,82)86-58-67(74)57-85-91(79,80)87-61-68(59-83-70(75)53-45-37-31-29-35-43-51-65(6)7)89-73(78)56-48-40-28-24-20-16-18-22-26-34-42-50-64(4)5/h63-69,74H,9-62H2,1-8H3,(H,79,80)(H,81,82)/t66?,67-,68-,69-/m1/s1. The Morgan fingerprint density at radius 1 is 0.304 bits per heavy atom. The van der Waals surface area contributed by atoms with Crippen LogP contribution in [0.15, 0.2) is 0 Å². The number of unbranched alkanes of at least 4 members (excludes halogenated alkanes) is 35. The molecule has 546 valence electrons. The van der Waals surface area contributed by atoms with E-state index in [0.29, 0.717) is 31.6 Å². The SMILES string of the molecule is CCC(C)CCCCCCCCC(=O)OC[C@H](COP(=O)(O)OC[C@H](O)COP(=O)(O)OC[C@@H](COC(=O)CCCCCCCCC(C)C)OC(=O)CCCCCCCCCCCCCC(C)C)OC(=O)CCCCCCCCCCCCCCCCCCC(C)C. The van der Waals surface area contributed by atoms with E-state index in [0.717, 1.165) is 120 Å². The molecule has 0 radical (unpaired) electrons. The first kappa shape index (κ1) is 90.1. The average Bonchev–Trinajstić information content (AvgIpc) is 2.19. The van der Waals surface area contributed by atoms with E-state index >= 15 is 0 Å². The van der Waals surface area contributed by atoms with Gasteiger partial charge in [-0.2, -0.15) is 0 Å². The maximum Gasteiger partial charge on any atom is 0.472 e. The fourth-order valence-electron chi connectivity index (χ4n) is 11.0. The van der Waals surface area contributed by atoms with Crippen molar-refractivity contribution in [1.29, 1.82) is 0 Å². The summed E-state index contributed by atoms with van der Waals surface area (Å²) in [6.45, 7) is 14.1. The van der Waals surface area contributed by atoms with Crippen LogP contribution in [0.4, 0.5) is 0 Å². The van der Waals surface area contributed by atoms with Gasteiger partial charge in [0.05, 0.1) is 26.4 Å². The zero-order chi connectivity index (χ0) is 68.2. The van der Waals surface area contributed by atoms with E-state index in [1.807, 2.05) is 0 Å². The van der Waals surface area contributed by atoms with Gasteiger partial charge in [-0.25, -0.2) is 9.13 Å². The first-order valence-corrected chi connectivity index (χ1v) is 40.7. The van der Waals surface area contributed by atoms with Crippen LogP contribution < -0.4 is 0 Å². The maximum absolute atomic E-state index is 13.0. The van der Waals surface area contributed by atoms with Gasteiger partial charge in [-0.3, -0.25) is 37.3 Å². The van der Waals surface area contributed by atoms with Crippen molar-refractivity contribution in [3.8, 4) is 0 Å². The summed E-state index contributed by atoms with van der Waals surface area (Å²) in [6.07, 6.45) is 46.0. The number of aliphatic hydroxyl groups excluding tert-OH is 1. The number of ether oxygens (including phenoxy) is 4. The normalized spacial score (nSPS) is 14.5. The van der Waals surface area contributed by atoms with E-state index in [9.17, 15) is 43.2 Å². The third-order valence-corrected chi connectivity index (χ3v) is 19.1. The number of rotatable bonds is 70. The lowest BCUT2D eigenvalue weighted by atomic mass is 10.00. The molecule has 0 fully saturated rings. The molecule has 0 amide bonds. The maximum atomic E-state index is 13.0. The summed E-state index contributed by atoms with van der Waals surface area (Å²) in [5, 5.41) is 10.6. The van der Waals surface area contributed by atoms with E-state index in [2.05, 4.69) is 55.4 Å². The average molecular weight is 1350 g/mol. The Labute approximate surface area is 562 Å². The first-order valence-electron chi connectivity index (χ1n) is 37.7. The molecule has 6 atom stereocenters. The van der Waals surface area contributed by atoms with Gasteiger partial charge in [0.15, 0.2) is 12.2 Å². The fourth-order valence-corrected chi connectivity index (χ4v) is 12.6. The number of phosphoric acid groups is 2. The van der Waals surface area contributed by atoms with Crippen molar-refractivity contribution < 1.29 is 80.2 Å². The van der Waals surface area contributed by atoms with Crippen molar-refractivity contribution in [1.82, 2.24) is 0 Å². The Morgan fingerprint density at radius 3 is 0.772 bits per heavy atom. The van der Waals surface area contributed by atoms with Gasteiger partial charge < -0.3 is 33.8 Å². The van der Waals surface area contributed by atoms with Gasteiger partial charge in [0.25, 0.3) is 0 Å². The van der Waals surface area contributed by atoms with E-state index in [-0.39, 0.29) is 25.7 Å². The van der Waals surface area contributed by atoms with Crippen LogP contribution in [-0.4, -0.2) is 96.7 Å². The highest BCUT2D eigenvalue weighted by atomic mass is 31.2. The van der Waals surface area contributed by atoms with E-state index in [4.69, 9.17) is 37.0 Å². The minimum atomic E-state index is -4.95. The number of phosphoric ester groups is 2. The highest BCUT2D eigenvalue weighted by Gasteiger charge is 2.30. The summed E-state index contributed by atoms with van der Waals surface area (Å²) >= 11 is 0. The second kappa shape index (κ2) is 62.6. The fraction of sp³-hybridized carbons (Fsp3) is 0.945. The molecule has 0 spiro atoms. The smallest absolute Gasteiger partial charge is 0.462 e. The van der Waals surface area contributed by atoms with Crippen LogP contribution in [0.5, 0.6) is 0 Å². The zero-order valence-corrected chi connectivity index (χ0v) is 62.0. The largest absolute Gasteiger partial charge is 0.472 e. The Morgan fingerprint density at radius 2 is 0.522 bits per heavy atom. The third kappa shape index (κ3) is 65.4. The van der Waals surface area contributed by atoms with Gasteiger partial charge in [0, 0.05) is 25.7 Å². The molecule has 0 aliphatic carbocycles. The summed E-state index contributed by atoms with van der Waals surface area (Å²) < 4.78 is 68.3. The lowest BCUT2D eigenvalue weighted by molar-refractivity contribution is -0.161. The Hall–Kier alpha value is -1.94. The molecule has 3 N–H and O–H groups in total. The molecule has 92 heavy (non-hydrogen) atoms. The number of carbonyl (C=O) groups is 4. The summed E-state index contributed by atoms with van der Waals surface area (Å²) in [6, 6.07) is 0. The van der Waals surface area contributed by atoms with Crippen molar-refractivity contribution in [3.63, 3.8) is 0 Å². The summed E-state index contributed by atoms with van der Waals surface area (Å²) in [5.74, 6) is 0.856. The van der Waals surface area contributed by atoms with Crippen LogP contribution in [0.1, 0.15) is 364 Å². The number of aliphatic hydroxyl groups is 1. The lowest BCUT2D eigenvalue weighted by Gasteiger charge is -2.21. The van der Waals surface area contributed by atoms with E-state index in [1.165, 1.54) is 154 Å². The number of esters is 4. The Balaban J connectivity index is 5.20. The quantitative estimate of drug-likeness (QED) is 0.0222. The topological polar surface area (TPSA) is 237 Å². The minimum Gasteiger partial charge on any atom is -0.462 e. The number of hydrogen-bond donors (Lipinski definition) is 3. The molecule has 0 saturated carbocycles. The second-order valence-corrected chi connectivity index (χ2v) is 30.9. The molecule has 0 rings (SSSR count). The van der Waals surface area contributed by atoms with Gasteiger partial charge in [-0.15, -0.1) is 0 Å². The minimum absolute atomic E-state index is 0.105. The molecule has 0 saturated heterocycles. The molecular weight excluding hydrogens is 1210 g/mol. The molecule has 19 heteroatoms. The third-order valence-electron chi connectivity index (χ3n) is 17.2. The van der Waals surface area contributed by atoms with Crippen LogP contribution >= 0.6 is 15.6 Å². The predicted molar refractivity (Wildman–Crippen MR) is 372 cm³/mol. The first-order chi connectivity index (χ1) is 44.1. The van der Waals surface area contributed by atoms with E-state index < -0.39 is 97.5 Å². The van der Waals surface area contributed by atoms with Crippen molar-refractivity contribution in [3.05, 3.63) is 0 Å². The molecule has 17 nitrogen and oxygen atoms in total. The van der Waals surface area contributed by atoms with Crippen LogP contribution in [0.3, 0.4) is 0 Å². The van der Waals surface area contributed by atoms with Gasteiger partial charge in [0.2, 0.25) is 0 Å².